The van der Waals surface area contributed by atoms with Gasteiger partial charge in [0.25, 0.3) is 0 Å². The van der Waals surface area contributed by atoms with Crippen molar-refractivity contribution in [1.29, 1.82) is 0 Å². The molecule has 4 heteroatoms. The fourth-order valence-electron chi connectivity index (χ4n) is 3.66. The summed E-state index contributed by atoms with van der Waals surface area (Å²) in [6, 6.07) is 7.76. The predicted octanol–water partition coefficient (Wildman–Crippen LogP) is 2.97. The highest BCUT2D eigenvalue weighted by Gasteiger charge is 2.33. The highest BCUT2D eigenvalue weighted by molar-refractivity contribution is 9.10. The first-order chi connectivity index (χ1) is 9.69. The van der Waals surface area contributed by atoms with Crippen molar-refractivity contribution in [3.63, 3.8) is 0 Å². The normalized spacial score (nSPS) is 27.4. The highest BCUT2D eigenvalue weighted by atomic mass is 79.9. The second kappa shape index (κ2) is 6.04. The Hall–Kier alpha value is -0.580. The molecule has 2 fully saturated rings. The van der Waals surface area contributed by atoms with Crippen LogP contribution in [-0.2, 0) is 6.54 Å². The lowest BCUT2D eigenvalue weighted by atomic mass is 9.96. The quantitative estimate of drug-likeness (QED) is 0.900. The van der Waals surface area contributed by atoms with Crippen molar-refractivity contribution in [3.05, 3.63) is 28.2 Å². The minimum atomic E-state index is 0.559. The Morgan fingerprint density at radius 3 is 2.95 bits per heavy atom. The maximum Gasteiger partial charge on any atom is 0.0426 e. The summed E-state index contributed by atoms with van der Waals surface area (Å²) in [4.78, 5) is 5.25. The summed E-state index contributed by atoms with van der Waals surface area (Å²) >= 11 is 3.60. The standard InChI is InChI=1S/C16H24BrN3/c1-12-10-19-7-3-2-4-15(19)11-20(12)16-8-14(17)6-5-13(16)9-18/h5-6,8,12,15H,2-4,7,9-11,18H2,1H3. The number of nitrogens with two attached hydrogens (primary N) is 1. The first-order valence-corrected chi connectivity index (χ1v) is 8.47. The molecule has 2 unspecified atom stereocenters. The van der Waals surface area contributed by atoms with Crippen LogP contribution in [0.5, 0.6) is 0 Å². The van der Waals surface area contributed by atoms with Gasteiger partial charge in [0.15, 0.2) is 0 Å². The maximum absolute atomic E-state index is 5.93. The number of rotatable bonds is 2. The van der Waals surface area contributed by atoms with Gasteiger partial charge in [-0.1, -0.05) is 28.4 Å². The van der Waals surface area contributed by atoms with E-state index in [-0.39, 0.29) is 0 Å². The zero-order chi connectivity index (χ0) is 14.1. The number of piperidine rings is 1. The summed E-state index contributed by atoms with van der Waals surface area (Å²) in [6.45, 7) is 6.56. The van der Waals surface area contributed by atoms with Crippen molar-refractivity contribution in [2.24, 2.45) is 5.73 Å². The zero-order valence-corrected chi connectivity index (χ0v) is 13.8. The molecule has 0 aromatic heterocycles. The SMILES string of the molecule is CC1CN2CCCCC2CN1c1cc(Br)ccc1CN. The lowest BCUT2D eigenvalue weighted by molar-refractivity contribution is 0.115. The Kier molecular flexibility index (Phi) is 4.34. The van der Waals surface area contributed by atoms with Crippen LogP contribution >= 0.6 is 15.9 Å². The third-order valence-electron chi connectivity index (χ3n) is 4.76. The fraction of sp³-hybridized carbons (Fsp3) is 0.625. The molecule has 1 aromatic carbocycles. The molecule has 1 aromatic rings. The van der Waals surface area contributed by atoms with Gasteiger partial charge in [-0.3, -0.25) is 4.90 Å². The van der Waals surface area contributed by atoms with Crippen molar-refractivity contribution >= 4 is 21.6 Å². The van der Waals surface area contributed by atoms with Gasteiger partial charge >= 0.3 is 0 Å². The minimum Gasteiger partial charge on any atom is -0.366 e. The van der Waals surface area contributed by atoms with E-state index < -0.39 is 0 Å². The van der Waals surface area contributed by atoms with Crippen LogP contribution in [0.4, 0.5) is 5.69 Å². The van der Waals surface area contributed by atoms with E-state index in [9.17, 15) is 0 Å². The lowest BCUT2D eigenvalue weighted by Gasteiger charge is -2.49. The van der Waals surface area contributed by atoms with Crippen molar-refractivity contribution in [1.82, 2.24) is 4.90 Å². The van der Waals surface area contributed by atoms with Crippen LogP contribution in [0.1, 0.15) is 31.7 Å². The van der Waals surface area contributed by atoms with E-state index in [0.29, 0.717) is 12.6 Å². The molecule has 2 aliphatic rings. The molecule has 0 radical (unpaired) electrons. The summed E-state index contributed by atoms with van der Waals surface area (Å²) in [7, 11) is 0. The van der Waals surface area contributed by atoms with Crippen molar-refractivity contribution in [2.75, 3.05) is 24.5 Å². The molecular weight excluding hydrogens is 314 g/mol. The zero-order valence-electron chi connectivity index (χ0n) is 12.2. The molecule has 0 spiro atoms. The van der Waals surface area contributed by atoms with Gasteiger partial charge in [-0.2, -0.15) is 0 Å². The van der Waals surface area contributed by atoms with Crippen molar-refractivity contribution < 1.29 is 0 Å². The van der Waals surface area contributed by atoms with Gasteiger partial charge in [-0.05, 0) is 44.0 Å². The first kappa shape index (κ1) is 14.4. The van der Waals surface area contributed by atoms with E-state index in [1.165, 1.54) is 43.6 Å². The third-order valence-corrected chi connectivity index (χ3v) is 5.26. The van der Waals surface area contributed by atoms with Crippen LogP contribution in [0.2, 0.25) is 0 Å². The van der Waals surface area contributed by atoms with Crippen molar-refractivity contribution in [3.8, 4) is 0 Å². The maximum atomic E-state index is 5.93. The molecule has 3 nitrogen and oxygen atoms in total. The largest absolute Gasteiger partial charge is 0.366 e. The fourth-order valence-corrected chi connectivity index (χ4v) is 4.01. The smallest absolute Gasteiger partial charge is 0.0426 e. The Morgan fingerprint density at radius 1 is 1.30 bits per heavy atom. The van der Waals surface area contributed by atoms with Crippen LogP contribution < -0.4 is 10.6 Å². The molecule has 2 atom stereocenters. The van der Waals surface area contributed by atoms with E-state index in [4.69, 9.17) is 5.73 Å². The second-order valence-corrected chi connectivity index (χ2v) is 7.04. The topological polar surface area (TPSA) is 32.5 Å². The van der Waals surface area contributed by atoms with E-state index in [1.54, 1.807) is 0 Å². The third kappa shape index (κ3) is 2.74. The Morgan fingerprint density at radius 2 is 2.15 bits per heavy atom. The molecule has 110 valence electrons. The lowest BCUT2D eigenvalue weighted by Crippen LogP contribution is -2.59. The molecule has 20 heavy (non-hydrogen) atoms. The molecule has 0 amide bonds. The summed E-state index contributed by atoms with van der Waals surface area (Å²) in [5.74, 6) is 0. The van der Waals surface area contributed by atoms with Crippen molar-refractivity contribution in [2.45, 2.75) is 44.8 Å². The molecule has 0 aliphatic carbocycles. The predicted molar refractivity (Wildman–Crippen MR) is 88.1 cm³/mol. The van der Waals surface area contributed by atoms with Gasteiger partial charge in [-0.25, -0.2) is 0 Å². The Labute approximate surface area is 130 Å². The average molecular weight is 338 g/mol. The number of anilines is 1. The Balaban J connectivity index is 1.87. The average Bonchev–Trinajstić information content (AvgIpc) is 2.46. The van der Waals surface area contributed by atoms with E-state index in [0.717, 1.165) is 17.1 Å². The van der Waals surface area contributed by atoms with Gasteiger partial charge in [0.1, 0.15) is 0 Å². The summed E-state index contributed by atoms with van der Waals surface area (Å²) in [5.41, 5.74) is 8.51. The van der Waals surface area contributed by atoms with Gasteiger partial charge in [0, 0.05) is 41.9 Å². The van der Waals surface area contributed by atoms with E-state index >= 15 is 0 Å². The van der Waals surface area contributed by atoms with E-state index in [1.807, 2.05) is 0 Å². The number of nitrogens with zero attached hydrogens (tertiary/aromatic N) is 2. The molecular formula is C16H24BrN3. The summed E-state index contributed by atoms with van der Waals surface area (Å²) < 4.78 is 1.14. The number of hydrogen-bond acceptors (Lipinski definition) is 3. The monoisotopic (exact) mass is 337 g/mol. The minimum absolute atomic E-state index is 0.559. The molecule has 2 N–H and O–H groups in total. The number of halogens is 1. The highest BCUT2D eigenvalue weighted by Crippen LogP contribution is 2.32. The number of hydrogen-bond donors (Lipinski definition) is 1. The number of fused-ring (bicyclic) bond motifs is 1. The van der Waals surface area contributed by atoms with Gasteiger partial charge in [0.05, 0.1) is 0 Å². The molecule has 0 bridgehead atoms. The van der Waals surface area contributed by atoms with Gasteiger partial charge in [-0.15, -0.1) is 0 Å². The van der Waals surface area contributed by atoms with Crippen LogP contribution in [0.15, 0.2) is 22.7 Å². The van der Waals surface area contributed by atoms with Gasteiger partial charge in [0.2, 0.25) is 0 Å². The van der Waals surface area contributed by atoms with Gasteiger partial charge < -0.3 is 10.6 Å². The Bertz CT molecular complexity index is 477. The molecule has 2 saturated heterocycles. The molecule has 3 rings (SSSR count). The summed E-state index contributed by atoms with van der Waals surface area (Å²) in [6.07, 6.45) is 4.09. The molecule has 2 heterocycles. The second-order valence-electron chi connectivity index (χ2n) is 6.12. The summed E-state index contributed by atoms with van der Waals surface area (Å²) in [5, 5.41) is 0. The number of benzene rings is 1. The molecule has 0 saturated carbocycles. The van der Waals surface area contributed by atoms with Crippen LogP contribution in [0.25, 0.3) is 0 Å². The van der Waals surface area contributed by atoms with Crippen LogP contribution in [-0.4, -0.2) is 36.6 Å². The number of piperazine rings is 1. The van der Waals surface area contributed by atoms with Crippen LogP contribution in [0, 0.1) is 0 Å². The van der Waals surface area contributed by atoms with E-state index in [2.05, 4.69) is 50.9 Å². The molecule has 2 aliphatic heterocycles. The van der Waals surface area contributed by atoms with Crippen LogP contribution in [0.3, 0.4) is 0 Å². The first-order valence-electron chi connectivity index (χ1n) is 7.68.